The van der Waals surface area contributed by atoms with Gasteiger partial charge >= 0.3 is 0 Å². The number of nitro groups is 1. The highest BCUT2D eigenvalue weighted by atomic mass is 35.5. The molecule has 5 heteroatoms. The Balaban J connectivity index is 2.07. The second-order valence-electron chi connectivity index (χ2n) is 4.76. The number of rotatable bonds is 1. The number of halogens is 1. The van der Waals surface area contributed by atoms with Gasteiger partial charge in [-0.25, -0.2) is 0 Å². The van der Waals surface area contributed by atoms with E-state index in [2.05, 4.69) is 5.32 Å². The Hall–Kier alpha value is -1.29. The van der Waals surface area contributed by atoms with Crippen LogP contribution in [-0.4, -0.2) is 11.0 Å². The van der Waals surface area contributed by atoms with Crippen LogP contribution in [0.4, 0.5) is 11.4 Å². The molecule has 0 aromatic heterocycles. The summed E-state index contributed by atoms with van der Waals surface area (Å²) in [6, 6.07) is 3.81. The van der Waals surface area contributed by atoms with Gasteiger partial charge in [-0.3, -0.25) is 10.1 Å². The molecule has 1 aliphatic heterocycles. The van der Waals surface area contributed by atoms with Crippen LogP contribution < -0.4 is 5.32 Å². The molecule has 2 aliphatic rings. The molecule has 1 heterocycles. The summed E-state index contributed by atoms with van der Waals surface area (Å²) in [5.74, 6) is 0.483. The lowest BCUT2D eigenvalue weighted by atomic mass is 9.83. The first-order valence-corrected chi connectivity index (χ1v) is 6.29. The molecule has 3 rings (SSSR count). The van der Waals surface area contributed by atoms with E-state index in [1.54, 1.807) is 0 Å². The van der Waals surface area contributed by atoms with E-state index in [9.17, 15) is 10.1 Å². The first-order valence-electron chi connectivity index (χ1n) is 5.92. The topological polar surface area (TPSA) is 55.2 Å². The Labute approximate surface area is 104 Å². The van der Waals surface area contributed by atoms with E-state index in [0.29, 0.717) is 12.0 Å². The van der Waals surface area contributed by atoms with Crippen molar-refractivity contribution in [3.8, 4) is 0 Å². The molecule has 1 saturated carbocycles. The maximum absolute atomic E-state index is 10.8. The van der Waals surface area contributed by atoms with E-state index in [1.807, 2.05) is 6.07 Å². The Kier molecular flexibility index (Phi) is 2.47. The Morgan fingerprint density at radius 1 is 1.35 bits per heavy atom. The van der Waals surface area contributed by atoms with Gasteiger partial charge in [0.15, 0.2) is 0 Å². The fourth-order valence-corrected chi connectivity index (χ4v) is 3.33. The molecule has 4 nitrogen and oxygen atoms in total. The SMILES string of the molecule is O=[N+]([O-])c1ccc2c(c1Cl)NC1CCCCC21. The number of nitro benzene ring substituents is 1. The lowest BCUT2D eigenvalue weighted by Gasteiger charge is -2.25. The highest BCUT2D eigenvalue weighted by molar-refractivity contribution is 6.35. The molecular weight excluding hydrogens is 240 g/mol. The zero-order valence-electron chi connectivity index (χ0n) is 9.28. The number of nitrogens with one attached hydrogen (secondary N) is 1. The van der Waals surface area contributed by atoms with Crippen LogP contribution in [0.15, 0.2) is 12.1 Å². The molecule has 17 heavy (non-hydrogen) atoms. The molecule has 90 valence electrons. The largest absolute Gasteiger partial charge is 0.380 e. The van der Waals surface area contributed by atoms with Crippen LogP contribution in [0, 0.1) is 10.1 Å². The molecule has 0 amide bonds. The van der Waals surface area contributed by atoms with Crippen LogP contribution >= 0.6 is 11.6 Å². The molecule has 0 saturated heterocycles. The second kappa shape index (κ2) is 3.88. The third kappa shape index (κ3) is 1.59. The third-order valence-electron chi connectivity index (χ3n) is 3.85. The Morgan fingerprint density at radius 2 is 2.12 bits per heavy atom. The number of hydrogen-bond donors (Lipinski definition) is 1. The summed E-state index contributed by atoms with van der Waals surface area (Å²) in [5, 5.41) is 14.5. The van der Waals surface area contributed by atoms with Gasteiger partial charge in [0, 0.05) is 18.0 Å². The molecule has 2 unspecified atom stereocenters. The van der Waals surface area contributed by atoms with Crippen LogP contribution in [0.25, 0.3) is 0 Å². The molecule has 1 aromatic rings. The monoisotopic (exact) mass is 252 g/mol. The smallest absolute Gasteiger partial charge is 0.290 e. The van der Waals surface area contributed by atoms with Crippen LogP contribution in [0.3, 0.4) is 0 Å². The minimum Gasteiger partial charge on any atom is -0.380 e. The fourth-order valence-electron chi connectivity index (χ4n) is 3.04. The molecule has 0 bridgehead atoms. The van der Waals surface area contributed by atoms with Crippen molar-refractivity contribution in [2.75, 3.05) is 5.32 Å². The van der Waals surface area contributed by atoms with Crippen molar-refractivity contribution in [3.05, 3.63) is 32.8 Å². The van der Waals surface area contributed by atoms with Gasteiger partial charge in [-0.1, -0.05) is 24.4 Å². The van der Waals surface area contributed by atoms with Crippen molar-refractivity contribution in [1.82, 2.24) is 0 Å². The minimum atomic E-state index is -0.424. The summed E-state index contributed by atoms with van der Waals surface area (Å²) in [6.07, 6.45) is 4.74. The number of benzene rings is 1. The molecule has 1 fully saturated rings. The minimum absolute atomic E-state index is 0.00318. The van der Waals surface area contributed by atoms with Gasteiger partial charge in [0.25, 0.3) is 5.69 Å². The predicted molar refractivity (Wildman–Crippen MR) is 66.7 cm³/mol. The zero-order valence-corrected chi connectivity index (χ0v) is 10.0. The second-order valence-corrected chi connectivity index (χ2v) is 5.14. The van der Waals surface area contributed by atoms with Crippen molar-refractivity contribution >= 4 is 23.0 Å². The average Bonchev–Trinajstić information content (AvgIpc) is 2.69. The quantitative estimate of drug-likeness (QED) is 0.612. The Bertz CT molecular complexity index is 490. The summed E-state index contributed by atoms with van der Waals surface area (Å²) < 4.78 is 0. The molecular formula is C12H13ClN2O2. The fraction of sp³-hybridized carbons (Fsp3) is 0.500. The molecule has 2 atom stereocenters. The highest BCUT2D eigenvalue weighted by Crippen LogP contribution is 2.48. The maximum atomic E-state index is 10.8. The van der Waals surface area contributed by atoms with Crippen LogP contribution in [-0.2, 0) is 0 Å². The summed E-state index contributed by atoms with van der Waals surface area (Å²) in [7, 11) is 0. The van der Waals surface area contributed by atoms with E-state index in [0.717, 1.165) is 24.1 Å². The highest BCUT2D eigenvalue weighted by Gasteiger charge is 2.36. The average molecular weight is 253 g/mol. The van der Waals surface area contributed by atoms with Crippen molar-refractivity contribution in [3.63, 3.8) is 0 Å². The summed E-state index contributed by atoms with van der Waals surface area (Å²) in [5.41, 5.74) is 1.94. The molecule has 1 aliphatic carbocycles. The summed E-state index contributed by atoms with van der Waals surface area (Å²) in [6.45, 7) is 0. The zero-order chi connectivity index (χ0) is 12.0. The third-order valence-corrected chi connectivity index (χ3v) is 4.23. The Morgan fingerprint density at radius 3 is 2.88 bits per heavy atom. The van der Waals surface area contributed by atoms with Gasteiger partial charge in [0.1, 0.15) is 5.02 Å². The first-order chi connectivity index (χ1) is 8.18. The van der Waals surface area contributed by atoms with Crippen LogP contribution in [0.5, 0.6) is 0 Å². The van der Waals surface area contributed by atoms with E-state index in [4.69, 9.17) is 11.6 Å². The van der Waals surface area contributed by atoms with Crippen LogP contribution in [0.2, 0.25) is 5.02 Å². The molecule has 0 radical (unpaired) electrons. The number of anilines is 1. The van der Waals surface area contributed by atoms with Crippen molar-refractivity contribution in [2.24, 2.45) is 0 Å². The summed E-state index contributed by atoms with van der Waals surface area (Å²) in [4.78, 5) is 10.4. The van der Waals surface area contributed by atoms with E-state index < -0.39 is 4.92 Å². The molecule has 1 N–H and O–H groups in total. The van der Waals surface area contributed by atoms with E-state index >= 15 is 0 Å². The molecule has 0 spiro atoms. The maximum Gasteiger partial charge on any atom is 0.290 e. The predicted octanol–water partition coefficient (Wildman–Crippen LogP) is 3.70. The van der Waals surface area contributed by atoms with E-state index in [-0.39, 0.29) is 10.7 Å². The van der Waals surface area contributed by atoms with Gasteiger partial charge in [0.2, 0.25) is 0 Å². The first kappa shape index (κ1) is 10.8. The number of fused-ring (bicyclic) bond motifs is 3. The normalized spacial score (nSPS) is 25.9. The van der Waals surface area contributed by atoms with Crippen molar-refractivity contribution < 1.29 is 4.92 Å². The number of hydrogen-bond acceptors (Lipinski definition) is 3. The van der Waals surface area contributed by atoms with Crippen LogP contribution in [0.1, 0.15) is 37.2 Å². The van der Waals surface area contributed by atoms with Crippen molar-refractivity contribution in [2.45, 2.75) is 37.6 Å². The lowest BCUT2D eigenvalue weighted by molar-refractivity contribution is -0.384. The van der Waals surface area contributed by atoms with Gasteiger partial charge in [0.05, 0.1) is 10.6 Å². The van der Waals surface area contributed by atoms with E-state index in [1.165, 1.54) is 18.9 Å². The van der Waals surface area contributed by atoms with Gasteiger partial charge in [-0.15, -0.1) is 0 Å². The number of nitrogens with zero attached hydrogens (tertiary/aromatic N) is 1. The van der Waals surface area contributed by atoms with Gasteiger partial charge in [-0.05, 0) is 24.5 Å². The summed E-state index contributed by atoms with van der Waals surface area (Å²) >= 11 is 6.11. The molecule has 1 aromatic carbocycles. The van der Waals surface area contributed by atoms with Gasteiger partial charge < -0.3 is 5.32 Å². The van der Waals surface area contributed by atoms with Crippen molar-refractivity contribution in [1.29, 1.82) is 0 Å². The standard InChI is InChI=1S/C12H13ClN2O2/c13-11-10(15(16)17)6-5-8-7-3-1-2-4-9(7)14-12(8)11/h5-7,9,14H,1-4H2. The van der Waals surface area contributed by atoms with Gasteiger partial charge in [-0.2, -0.15) is 0 Å². The lowest BCUT2D eigenvalue weighted by Crippen LogP contribution is -2.23.